The van der Waals surface area contributed by atoms with Crippen molar-refractivity contribution in [3.63, 3.8) is 0 Å². The van der Waals surface area contributed by atoms with Gasteiger partial charge in [0.05, 0.1) is 6.61 Å². The number of ether oxygens (including phenoxy) is 2. The van der Waals surface area contributed by atoms with Crippen molar-refractivity contribution in [1.29, 1.82) is 0 Å². The highest BCUT2D eigenvalue weighted by atomic mass is 16.5. The number of hydrogen-bond acceptors (Lipinski definition) is 3. The van der Waals surface area contributed by atoms with Crippen LogP contribution in [0.2, 0.25) is 0 Å². The molecule has 4 heteroatoms. The third-order valence-corrected chi connectivity index (χ3v) is 3.59. The molecule has 1 aromatic carbocycles. The van der Waals surface area contributed by atoms with Gasteiger partial charge in [-0.1, -0.05) is 0 Å². The summed E-state index contributed by atoms with van der Waals surface area (Å²) in [6.07, 6.45) is 2.80. The molecule has 0 radical (unpaired) electrons. The number of likely N-dealkylation sites (tertiary alicyclic amines) is 1. The lowest BCUT2D eigenvalue weighted by atomic mass is 10.3. The first-order valence-electron chi connectivity index (χ1n) is 6.98. The summed E-state index contributed by atoms with van der Waals surface area (Å²) < 4.78 is 11.2. The molecule has 0 spiro atoms. The van der Waals surface area contributed by atoms with E-state index >= 15 is 0 Å². The fourth-order valence-corrected chi connectivity index (χ4v) is 2.48. The van der Waals surface area contributed by atoms with Crippen molar-refractivity contribution in [2.75, 3.05) is 13.2 Å². The molecule has 1 saturated carbocycles. The standard InChI is InChI=1S/C15H19NO3/c1-2-18-12-5-7-13(8-6-12)19-14-9-10-16(15(14)17)11-3-4-11/h5-8,11,14H,2-4,9-10H2,1H3. The molecule has 1 aliphatic carbocycles. The molecule has 4 nitrogen and oxygen atoms in total. The minimum atomic E-state index is -0.307. The summed E-state index contributed by atoms with van der Waals surface area (Å²) in [6, 6.07) is 7.95. The first-order valence-corrected chi connectivity index (χ1v) is 6.98. The average Bonchev–Trinajstić information content (AvgIpc) is 3.19. The highest BCUT2D eigenvalue weighted by molar-refractivity contribution is 5.84. The van der Waals surface area contributed by atoms with Crippen molar-refractivity contribution >= 4 is 5.91 Å². The van der Waals surface area contributed by atoms with Crippen LogP contribution in [0.15, 0.2) is 24.3 Å². The molecule has 19 heavy (non-hydrogen) atoms. The second-order valence-corrected chi connectivity index (χ2v) is 5.06. The third kappa shape index (κ3) is 2.67. The SMILES string of the molecule is CCOc1ccc(OC2CCN(C3CC3)C2=O)cc1. The fourth-order valence-electron chi connectivity index (χ4n) is 2.48. The van der Waals surface area contributed by atoms with Crippen molar-refractivity contribution in [2.24, 2.45) is 0 Å². The second-order valence-electron chi connectivity index (χ2n) is 5.06. The number of hydrogen-bond donors (Lipinski definition) is 0. The fraction of sp³-hybridized carbons (Fsp3) is 0.533. The summed E-state index contributed by atoms with van der Waals surface area (Å²) in [5.41, 5.74) is 0. The molecule has 2 fully saturated rings. The van der Waals surface area contributed by atoms with Crippen LogP contribution < -0.4 is 9.47 Å². The van der Waals surface area contributed by atoms with Gasteiger partial charge < -0.3 is 14.4 Å². The second kappa shape index (κ2) is 5.11. The van der Waals surface area contributed by atoms with Crippen LogP contribution in [-0.2, 0) is 4.79 Å². The Labute approximate surface area is 113 Å². The summed E-state index contributed by atoms with van der Waals surface area (Å²) in [4.78, 5) is 14.1. The van der Waals surface area contributed by atoms with Gasteiger partial charge in [0.25, 0.3) is 5.91 Å². The first kappa shape index (κ1) is 12.3. The van der Waals surface area contributed by atoms with Crippen LogP contribution in [0.3, 0.4) is 0 Å². The molecule has 0 N–H and O–H groups in total. The molecular formula is C15H19NO3. The van der Waals surface area contributed by atoms with E-state index in [4.69, 9.17) is 9.47 Å². The molecule has 102 valence electrons. The normalized spacial score (nSPS) is 22.7. The zero-order chi connectivity index (χ0) is 13.2. The average molecular weight is 261 g/mol. The molecule has 1 amide bonds. The minimum absolute atomic E-state index is 0.149. The van der Waals surface area contributed by atoms with Gasteiger partial charge in [0, 0.05) is 19.0 Å². The highest BCUT2D eigenvalue weighted by Gasteiger charge is 2.41. The summed E-state index contributed by atoms with van der Waals surface area (Å²) >= 11 is 0. The topological polar surface area (TPSA) is 38.8 Å². The van der Waals surface area contributed by atoms with E-state index in [-0.39, 0.29) is 12.0 Å². The Morgan fingerprint density at radius 1 is 1.16 bits per heavy atom. The van der Waals surface area contributed by atoms with E-state index in [2.05, 4.69) is 0 Å². The van der Waals surface area contributed by atoms with Gasteiger partial charge in [0.15, 0.2) is 6.10 Å². The largest absolute Gasteiger partial charge is 0.494 e. The van der Waals surface area contributed by atoms with E-state index in [0.29, 0.717) is 12.6 Å². The quantitative estimate of drug-likeness (QED) is 0.816. The van der Waals surface area contributed by atoms with Crippen LogP contribution in [0.1, 0.15) is 26.2 Å². The molecule has 2 aliphatic rings. The van der Waals surface area contributed by atoms with Crippen molar-refractivity contribution in [3.05, 3.63) is 24.3 Å². The van der Waals surface area contributed by atoms with Gasteiger partial charge >= 0.3 is 0 Å². The van der Waals surface area contributed by atoms with E-state index in [1.165, 1.54) is 0 Å². The molecule has 3 rings (SSSR count). The first-order chi connectivity index (χ1) is 9.28. The van der Waals surface area contributed by atoms with Crippen LogP contribution in [0.4, 0.5) is 0 Å². The van der Waals surface area contributed by atoms with Crippen molar-refractivity contribution in [3.8, 4) is 11.5 Å². The number of carbonyl (C=O) groups excluding carboxylic acids is 1. The van der Waals surface area contributed by atoms with Gasteiger partial charge in [0.2, 0.25) is 0 Å². The van der Waals surface area contributed by atoms with Gasteiger partial charge in [-0.15, -0.1) is 0 Å². The van der Waals surface area contributed by atoms with E-state index < -0.39 is 0 Å². The van der Waals surface area contributed by atoms with E-state index in [1.54, 1.807) is 0 Å². The molecule has 1 heterocycles. The summed E-state index contributed by atoms with van der Waals surface area (Å²) in [5, 5.41) is 0. The van der Waals surface area contributed by atoms with Gasteiger partial charge in [0.1, 0.15) is 11.5 Å². The molecule has 1 aliphatic heterocycles. The predicted octanol–water partition coefficient (Wildman–Crippen LogP) is 2.23. The predicted molar refractivity (Wildman–Crippen MR) is 71.4 cm³/mol. The van der Waals surface area contributed by atoms with Gasteiger partial charge in [-0.2, -0.15) is 0 Å². The Balaban J connectivity index is 1.60. The zero-order valence-corrected chi connectivity index (χ0v) is 11.2. The Kier molecular flexibility index (Phi) is 3.32. The van der Waals surface area contributed by atoms with Crippen LogP contribution in [0, 0.1) is 0 Å². The number of benzene rings is 1. The lowest BCUT2D eigenvalue weighted by Crippen LogP contribution is -2.33. The smallest absolute Gasteiger partial charge is 0.263 e. The Hall–Kier alpha value is -1.71. The number of carbonyl (C=O) groups is 1. The molecule has 1 saturated heterocycles. The van der Waals surface area contributed by atoms with Crippen LogP contribution in [0.5, 0.6) is 11.5 Å². The van der Waals surface area contributed by atoms with Crippen molar-refractivity contribution in [1.82, 2.24) is 4.90 Å². The minimum Gasteiger partial charge on any atom is -0.494 e. The Morgan fingerprint density at radius 2 is 1.84 bits per heavy atom. The Bertz CT molecular complexity index is 453. The summed E-state index contributed by atoms with van der Waals surface area (Å²) in [7, 11) is 0. The number of amides is 1. The zero-order valence-electron chi connectivity index (χ0n) is 11.2. The summed E-state index contributed by atoms with van der Waals surface area (Å²) in [5.74, 6) is 1.71. The van der Waals surface area contributed by atoms with E-state index in [0.717, 1.165) is 37.3 Å². The molecule has 1 unspecified atom stereocenters. The Morgan fingerprint density at radius 3 is 2.47 bits per heavy atom. The van der Waals surface area contributed by atoms with Crippen LogP contribution in [-0.4, -0.2) is 36.1 Å². The van der Waals surface area contributed by atoms with E-state index in [1.807, 2.05) is 36.1 Å². The lowest BCUT2D eigenvalue weighted by Gasteiger charge is -2.16. The van der Waals surface area contributed by atoms with Crippen molar-refractivity contribution < 1.29 is 14.3 Å². The molecule has 1 atom stereocenters. The van der Waals surface area contributed by atoms with Crippen molar-refractivity contribution in [2.45, 2.75) is 38.3 Å². The number of rotatable bonds is 5. The van der Waals surface area contributed by atoms with Gasteiger partial charge in [-0.3, -0.25) is 4.79 Å². The molecule has 0 aromatic heterocycles. The monoisotopic (exact) mass is 261 g/mol. The third-order valence-electron chi connectivity index (χ3n) is 3.59. The number of nitrogens with zero attached hydrogens (tertiary/aromatic N) is 1. The molecule has 0 bridgehead atoms. The maximum absolute atomic E-state index is 12.1. The van der Waals surface area contributed by atoms with Crippen LogP contribution in [0.25, 0.3) is 0 Å². The van der Waals surface area contributed by atoms with Gasteiger partial charge in [-0.25, -0.2) is 0 Å². The molecular weight excluding hydrogens is 242 g/mol. The maximum Gasteiger partial charge on any atom is 0.263 e. The van der Waals surface area contributed by atoms with Gasteiger partial charge in [-0.05, 0) is 44.0 Å². The van der Waals surface area contributed by atoms with E-state index in [9.17, 15) is 4.79 Å². The maximum atomic E-state index is 12.1. The lowest BCUT2D eigenvalue weighted by molar-refractivity contribution is -0.133. The molecule has 1 aromatic rings. The van der Waals surface area contributed by atoms with Crippen LogP contribution >= 0.6 is 0 Å². The highest BCUT2D eigenvalue weighted by Crippen LogP contribution is 2.32. The summed E-state index contributed by atoms with van der Waals surface area (Å²) in [6.45, 7) is 3.44.